The van der Waals surface area contributed by atoms with E-state index in [4.69, 9.17) is 4.52 Å². The number of alkyl halides is 3. The molecule has 1 aliphatic carbocycles. The number of carbonyl (C=O) groups excluding carboxylic acids is 1. The molecule has 0 bridgehead atoms. The topological polar surface area (TPSA) is 66.6 Å². The van der Waals surface area contributed by atoms with Gasteiger partial charge in [-0.1, -0.05) is 23.4 Å². The number of fused-ring (bicyclic) bond motifs is 1. The van der Waals surface area contributed by atoms with Crippen LogP contribution in [0.4, 0.5) is 13.2 Å². The van der Waals surface area contributed by atoms with E-state index >= 15 is 0 Å². The van der Waals surface area contributed by atoms with Crippen molar-refractivity contribution in [1.29, 1.82) is 0 Å². The molecule has 0 spiro atoms. The van der Waals surface area contributed by atoms with Gasteiger partial charge in [-0.2, -0.15) is 13.2 Å². The second-order valence-corrected chi connectivity index (χ2v) is 7.32. The Labute approximate surface area is 153 Å². The molecule has 3 atom stereocenters. The Balaban J connectivity index is 1.55. The number of hydrogen-bond donors (Lipinski definition) is 1. The number of aliphatic hydroxyl groups excluding tert-OH is 1. The van der Waals surface area contributed by atoms with E-state index in [9.17, 15) is 23.1 Å². The largest absolute Gasteiger partial charge is 0.417 e. The molecule has 1 N–H and O–H groups in total. The molecule has 144 valence electrons. The molecule has 8 heteroatoms. The number of nitrogens with zero attached hydrogens (tertiary/aromatic N) is 2. The zero-order valence-corrected chi connectivity index (χ0v) is 14.4. The molecule has 2 aromatic rings. The summed E-state index contributed by atoms with van der Waals surface area (Å²) < 4.78 is 44.6. The Kier molecular flexibility index (Phi) is 4.46. The minimum atomic E-state index is -4.53. The first-order chi connectivity index (χ1) is 12.8. The number of aromatic nitrogens is 1. The van der Waals surface area contributed by atoms with Crippen molar-refractivity contribution in [2.24, 2.45) is 11.8 Å². The zero-order chi connectivity index (χ0) is 19.2. The van der Waals surface area contributed by atoms with Crippen molar-refractivity contribution in [1.82, 2.24) is 10.1 Å². The van der Waals surface area contributed by atoms with Gasteiger partial charge in [-0.3, -0.25) is 4.79 Å². The van der Waals surface area contributed by atoms with E-state index in [1.807, 2.05) is 0 Å². The SMILES string of the molecule is O=C(c1cc(-c2ccccc2C(F)(F)F)on1)N1C[C@@H]2CC[C@H](O)C[C@H]2C1. The van der Waals surface area contributed by atoms with Crippen molar-refractivity contribution in [3.05, 3.63) is 41.6 Å². The van der Waals surface area contributed by atoms with Gasteiger partial charge in [0, 0.05) is 24.7 Å². The number of rotatable bonds is 2. The van der Waals surface area contributed by atoms with Gasteiger partial charge in [0.25, 0.3) is 5.91 Å². The lowest BCUT2D eigenvalue weighted by Gasteiger charge is -2.27. The maximum Gasteiger partial charge on any atom is 0.417 e. The van der Waals surface area contributed by atoms with Gasteiger partial charge in [-0.25, -0.2) is 0 Å². The molecule has 4 rings (SSSR count). The predicted molar refractivity (Wildman–Crippen MR) is 89.7 cm³/mol. The van der Waals surface area contributed by atoms with E-state index in [-0.39, 0.29) is 34.9 Å². The fourth-order valence-corrected chi connectivity index (χ4v) is 4.18. The van der Waals surface area contributed by atoms with Crippen LogP contribution in [0.2, 0.25) is 0 Å². The molecule has 1 saturated carbocycles. The van der Waals surface area contributed by atoms with Crippen molar-refractivity contribution in [3.8, 4) is 11.3 Å². The van der Waals surface area contributed by atoms with Crippen LogP contribution in [0.25, 0.3) is 11.3 Å². The number of carbonyl (C=O) groups is 1. The van der Waals surface area contributed by atoms with Gasteiger partial charge in [-0.15, -0.1) is 0 Å². The fourth-order valence-electron chi connectivity index (χ4n) is 4.18. The summed E-state index contributed by atoms with van der Waals surface area (Å²) in [7, 11) is 0. The van der Waals surface area contributed by atoms with Gasteiger partial charge in [-0.05, 0) is 37.2 Å². The maximum absolute atomic E-state index is 13.2. The summed E-state index contributed by atoms with van der Waals surface area (Å²) in [5.74, 6) is 0.182. The molecule has 1 aliphatic heterocycles. The van der Waals surface area contributed by atoms with Crippen LogP contribution < -0.4 is 0 Å². The Morgan fingerprint density at radius 1 is 1.19 bits per heavy atom. The van der Waals surface area contributed by atoms with Crippen molar-refractivity contribution in [3.63, 3.8) is 0 Å². The van der Waals surface area contributed by atoms with E-state index in [1.165, 1.54) is 24.3 Å². The standard InChI is InChI=1S/C19H19F3N2O3/c20-19(21,22)15-4-2-1-3-14(15)17-8-16(23-27-17)18(26)24-9-11-5-6-13(25)7-12(11)10-24/h1-4,8,11-13,25H,5-7,9-10H2/t11-,12-,13-/m0/s1. The number of amides is 1. The Bertz CT molecular complexity index is 849. The van der Waals surface area contributed by atoms with Crippen molar-refractivity contribution < 1.29 is 27.6 Å². The Morgan fingerprint density at radius 2 is 1.93 bits per heavy atom. The van der Waals surface area contributed by atoms with Gasteiger partial charge >= 0.3 is 6.18 Å². The van der Waals surface area contributed by atoms with Gasteiger partial charge in [0.2, 0.25) is 0 Å². The molecule has 1 saturated heterocycles. The van der Waals surface area contributed by atoms with Gasteiger partial charge in [0.1, 0.15) is 0 Å². The van der Waals surface area contributed by atoms with Crippen molar-refractivity contribution in [2.75, 3.05) is 13.1 Å². The van der Waals surface area contributed by atoms with Gasteiger partial charge < -0.3 is 14.5 Å². The first kappa shape index (κ1) is 18.0. The molecule has 5 nitrogen and oxygen atoms in total. The summed E-state index contributed by atoms with van der Waals surface area (Å²) in [4.78, 5) is 14.4. The molecule has 1 aromatic heterocycles. The van der Waals surface area contributed by atoms with E-state index in [0.29, 0.717) is 25.4 Å². The Hall–Kier alpha value is -2.35. The van der Waals surface area contributed by atoms with Crippen LogP contribution in [0.15, 0.2) is 34.9 Å². The molecule has 2 fully saturated rings. The normalized spacial score (nSPS) is 25.5. The third kappa shape index (κ3) is 3.45. The first-order valence-corrected chi connectivity index (χ1v) is 8.93. The van der Waals surface area contributed by atoms with Gasteiger partial charge in [0.05, 0.1) is 11.7 Å². The minimum absolute atomic E-state index is 0.00109. The van der Waals surface area contributed by atoms with Crippen LogP contribution in [-0.4, -0.2) is 40.3 Å². The minimum Gasteiger partial charge on any atom is -0.393 e. The lowest BCUT2D eigenvalue weighted by molar-refractivity contribution is -0.137. The highest BCUT2D eigenvalue weighted by atomic mass is 19.4. The third-order valence-corrected chi connectivity index (χ3v) is 5.54. The molecule has 27 heavy (non-hydrogen) atoms. The number of halogens is 3. The molecule has 1 amide bonds. The summed E-state index contributed by atoms with van der Waals surface area (Å²) in [6.07, 6.45) is -2.56. The average molecular weight is 380 g/mol. The molecular weight excluding hydrogens is 361 g/mol. The van der Waals surface area contributed by atoms with Crippen LogP contribution >= 0.6 is 0 Å². The van der Waals surface area contributed by atoms with Crippen molar-refractivity contribution in [2.45, 2.75) is 31.5 Å². The highest BCUT2D eigenvalue weighted by Gasteiger charge is 2.40. The van der Waals surface area contributed by atoms with Crippen LogP contribution in [0.3, 0.4) is 0 Å². The molecular formula is C19H19F3N2O3. The quantitative estimate of drug-likeness (QED) is 0.865. The average Bonchev–Trinajstić information content (AvgIpc) is 3.27. The number of aliphatic hydroxyl groups is 1. The summed E-state index contributed by atoms with van der Waals surface area (Å²) >= 11 is 0. The lowest BCUT2D eigenvalue weighted by atomic mass is 9.80. The van der Waals surface area contributed by atoms with E-state index in [2.05, 4.69) is 5.16 Å². The molecule has 1 aromatic carbocycles. The second kappa shape index (κ2) is 6.67. The highest BCUT2D eigenvalue weighted by Crippen LogP contribution is 2.38. The molecule has 2 aliphatic rings. The van der Waals surface area contributed by atoms with E-state index in [0.717, 1.165) is 18.9 Å². The third-order valence-electron chi connectivity index (χ3n) is 5.54. The molecule has 0 unspecified atom stereocenters. The molecule has 2 heterocycles. The van der Waals surface area contributed by atoms with Crippen LogP contribution in [0.5, 0.6) is 0 Å². The molecule has 0 radical (unpaired) electrons. The first-order valence-electron chi connectivity index (χ1n) is 8.93. The Morgan fingerprint density at radius 3 is 2.70 bits per heavy atom. The smallest absolute Gasteiger partial charge is 0.393 e. The number of likely N-dealkylation sites (tertiary alicyclic amines) is 1. The zero-order valence-electron chi connectivity index (χ0n) is 14.4. The highest BCUT2D eigenvalue weighted by molar-refractivity contribution is 5.93. The fraction of sp³-hybridized carbons (Fsp3) is 0.474. The van der Waals surface area contributed by atoms with Crippen molar-refractivity contribution >= 4 is 5.91 Å². The number of hydrogen-bond acceptors (Lipinski definition) is 4. The summed E-state index contributed by atoms with van der Waals surface area (Å²) in [6.45, 7) is 1.11. The summed E-state index contributed by atoms with van der Waals surface area (Å²) in [5.41, 5.74) is -0.975. The monoisotopic (exact) mass is 380 g/mol. The summed E-state index contributed by atoms with van der Waals surface area (Å²) in [6, 6.07) is 6.31. The second-order valence-electron chi connectivity index (χ2n) is 7.32. The van der Waals surface area contributed by atoms with E-state index < -0.39 is 11.7 Å². The van der Waals surface area contributed by atoms with Crippen LogP contribution in [0.1, 0.15) is 35.3 Å². The maximum atomic E-state index is 13.2. The van der Waals surface area contributed by atoms with E-state index in [1.54, 1.807) is 4.90 Å². The van der Waals surface area contributed by atoms with Crippen LogP contribution in [-0.2, 0) is 6.18 Å². The predicted octanol–water partition coefficient (Wildman–Crippen LogP) is 3.59. The number of benzene rings is 1. The lowest BCUT2D eigenvalue weighted by Crippen LogP contribution is -2.29. The van der Waals surface area contributed by atoms with Crippen LogP contribution in [0, 0.1) is 11.8 Å². The summed E-state index contributed by atoms with van der Waals surface area (Å²) in [5, 5.41) is 13.5. The van der Waals surface area contributed by atoms with Gasteiger partial charge in [0.15, 0.2) is 11.5 Å².